The van der Waals surface area contributed by atoms with Gasteiger partial charge in [0.05, 0.1) is 23.4 Å². The number of anilines is 2. The van der Waals surface area contributed by atoms with Crippen LogP contribution < -0.4 is 15.8 Å². The van der Waals surface area contributed by atoms with Gasteiger partial charge in [0.1, 0.15) is 28.6 Å². The van der Waals surface area contributed by atoms with Gasteiger partial charge >= 0.3 is 0 Å². The number of aromatic nitrogens is 4. The Hall–Kier alpha value is -4.33. The van der Waals surface area contributed by atoms with E-state index in [0.29, 0.717) is 35.8 Å². The van der Waals surface area contributed by atoms with Gasteiger partial charge in [-0.25, -0.2) is 28.7 Å². The number of nitrogens with one attached hydrogen (secondary N) is 1. The second kappa shape index (κ2) is 10.1. The van der Waals surface area contributed by atoms with Crippen molar-refractivity contribution in [3.8, 4) is 5.75 Å². The molecule has 7 rings (SSSR count). The fourth-order valence-electron chi connectivity index (χ4n) is 6.58. The van der Waals surface area contributed by atoms with Gasteiger partial charge in [0.15, 0.2) is 29.2 Å². The van der Waals surface area contributed by atoms with Gasteiger partial charge in [-0.1, -0.05) is 18.7 Å². The van der Waals surface area contributed by atoms with Crippen LogP contribution in [0.5, 0.6) is 5.75 Å². The van der Waals surface area contributed by atoms with Crippen molar-refractivity contribution in [2.75, 3.05) is 18.4 Å². The lowest BCUT2D eigenvalue weighted by Crippen LogP contribution is -2.45. The number of benzene rings is 1. The number of carbonyl (C=O) groups excluding carboxylic acids is 1. The number of amidine groups is 1. The highest BCUT2D eigenvalue weighted by atomic mass is 32.2. The van der Waals surface area contributed by atoms with Gasteiger partial charge in [0, 0.05) is 42.4 Å². The highest BCUT2D eigenvalue weighted by molar-refractivity contribution is 8.15. The Morgan fingerprint density at radius 2 is 2.02 bits per heavy atom. The number of halogens is 2. The summed E-state index contributed by atoms with van der Waals surface area (Å²) >= 11 is 1.25. The van der Waals surface area contributed by atoms with E-state index in [2.05, 4.69) is 30.2 Å². The van der Waals surface area contributed by atoms with E-state index < -0.39 is 21.9 Å². The lowest BCUT2D eigenvalue weighted by Gasteiger charge is -2.35. The third-order valence-corrected chi connectivity index (χ3v) is 10.0. The van der Waals surface area contributed by atoms with Crippen molar-refractivity contribution < 1.29 is 22.7 Å². The van der Waals surface area contributed by atoms with Crippen LogP contribution in [0.15, 0.2) is 52.6 Å². The molecule has 1 saturated carbocycles. The second-order valence-electron chi connectivity index (χ2n) is 11.2. The zero-order valence-electron chi connectivity index (χ0n) is 23.4. The number of ether oxygens (including phenoxy) is 1. The number of nitrogens with two attached hydrogens (primary N) is 1. The van der Waals surface area contributed by atoms with E-state index in [4.69, 9.17) is 14.9 Å². The minimum atomic E-state index is -1.27. The van der Waals surface area contributed by atoms with Crippen LogP contribution in [0.3, 0.4) is 0 Å². The highest BCUT2D eigenvalue weighted by Crippen LogP contribution is 2.70. The van der Waals surface area contributed by atoms with E-state index >= 15 is 8.78 Å². The topological polar surface area (TPSA) is 145 Å². The number of nitrogens with zero attached hydrogens (tertiary/aromatic N) is 6. The summed E-state index contributed by atoms with van der Waals surface area (Å²) in [6, 6.07) is 4.23. The van der Waals surface area contributed by atoms with E-state index in [1.54, 1.807) is 13.0 Å². The Bertz CT molecular complexity index is 1770. The zero-order chi connectivity index (χ0) is 29.9. The molecule has 222 valence electrons. The van der Waals surface area contributed by atoms with Crippen molar-refractivity contribution in [1.82, 2.24) is 24.8 Å². The van der Waals surface area contributed by atoms with Crippen LogP contribution in [0.4, 0.5) is 20.3 Å². The number of hydrogen-bond acceptors (Lipinski definition) is 11. The van der Waals surface area contributed by atoms with Crippen LogP contribution in [-0.4, -0.2) is 53.7 Å². The van der Waals surface area contributed by atoms with Crippen molar-refractivity contribution in [2.45, 2.75) is 43.6 Å². The Morgan fingerprint density at radius 1 is 1.21 bits per heavy atom. The number of likely N-dealkylation sites (tertiary alicyclic amines) is 1. The van der Waals surface area contributed by atoms with Crippen molar-refractivity contribution in [3.05, 3.63) is 66.3 Å². The normalized spacial score (nSPS) is 26.2. The van der Waals surface area contributed by atoms with E-state index in [-0.39, 0.29) is 46.6 Å². The Morgan fingerprint density at radius 3 is 2.79 bits per heavy atom. The monoisotopic (exact) mass is 606 g/mol. The molecule has 4 atom stereocenters. The molecular formula is C29H28F2N8O3S. The summed E-state index contributed by atoms with van der Waals surface area (Å²) in [6.07, 6.45) is 7.71. The highest BCUT2D eigenvalue weighted by Gasteiger charge is 2.76. The molecular weight excluding hydrogens is 578 g/mol. The molecule has 1 amide bonds. The standard InChI is InChI=1S/C29H28F2N8O3S/c1-15-24-28(2,38-27(32)43-29(15,24)26(40)39-6-3-4-7-39)18-9-16(10-19(30)22(18)31)37-25-23-20(35-14-36-25)11-17(12-34-23)42-13-21-33-5-8-41-21/h5,8-12,14-15,24H,3-4,6-7,13H2,1-2H3,(H2,32,38)(H,35,36,37)/t15-,24?,28+,29-/m0/s1. The number of pyridine rings is 1. The maximum Gasteiger partial charge on any atom is 0.239 e. The third-order valence-electron chi connectivity index (χ3n) is 8.61. The average Bonchev–Trinajstić information content (AvgIpc) is 3.43. The molecule has 1 unspecified atom stereocenters. The molecule has 1 saturated heterocycles. The predicted octanol–water partition coefficient (Wildman–Crippen LogP) is 4.52. The lowest BCUT2D eigenvalue weighted by molar-refractivity contribution is -0.131. The smallest absolute Gasteiger partial charge is 0.239 e. The van der Waals surface area contributed by atoms with E-state index in [0.717, 1.165) is 18.9 Å². The van der Waals surface area contributed by atoms with Crippen molar-refractivity contribution in [3.63, 3.8) is 0 Å². The van der Waals surface area contributed by atoms with Crippen molar-refractivity contribution in [2.24, 2.45) is 22.6 Å². The molecule has 2 aliphatic heterocycles. The van der Waals surface area contributed by atoms with Crippen LogP contribution in [0.25, 0.3) is 11.0 Å². The third kappa shape index (κ3) is 4.46. The number of carbonyl (C=O) groups is 1. The van der Waals surface area contributed by atoms with Gasteiger partial charge in [-0.2, -0.15) is 0 Å². The summed E-state index contributed by atoms with van der Waals surface area (Å²) in [5.74, 6) is -1.48. The Labute approximate surface area is 249 Å². The molecule has 2 fully saturated rings. The second-order valence-corrected chi connectivity index (χ2v) is 12.5. The van der Waals surface area contributed by atoms with Gasteiger partial charge in [0.2, 0.25) is 11.8 Å². The number of hydrogen-bond donors (Lipinski definition) is 2. The Kier molecular flexibility index (Phi) is 6.49. The van der Waals surface area contributed by atoms with Gasteiger partial charge in [0.25, 0.3) is 0 Å². The molecule has 14 heteroatoms. The molecule has 3 N–H and O–H groups in total. The summed E-state index contributed by atoms with van der Waals surface area (Å²) in [5, 5.41) is 3.25. The summed E-state index contributed by atoms with van der Waals surface area (Å²) in [4.78, 5) is 37.2. The molecule has 5 heterocycles. The first-order valence-electron chi connectivity index (χ1n) is 13.9. The number of amides is 1. The number of fused-ring (bicyclic) bond motifs is 2. The Balaban J connectivity index is 1.20. The average molecular weight is 607 g/mol. The summed E-state index contributed by atoms with van der Waals surface area (Å²) in [7, 11) is 0. The maximum absolute atomic E-state index is 15.6. The fraction of sp³-hybridized carbons (Fsp3) is 0.379. The first-order valence-corrected chi connectivity index (χ1v) is 14.7. The van der Waals surface area contributed by atoms with Crippen LogP contribution >= 0.6 is 11.8 Å². The van der Waals surface area contributed by atoms with E-state index in [1.807, 2.05) is 11.8 Å². The molecule has 3 aliphatic rings. The van der Waals surface area contributed by atoms with Crippen LogP contribution in [0.1, 0.15) is 38.1 Å². The van der Waals surface area contributed by atoms with E-state index in [9.17, 15) is 4.79 Å². The van der Waals surface area contributed by atoms with Crippen LogP contribution in [0, 0.1) is 23.5 Å². The number of rotatable bonds is 7. The molecule has 1 aliphatic carbocycles. The molecule has 3 aromatic heterocycles. The van der Waals surface area contributed by atoms with Gasteiger partial charge in [-0.15, -0.1) is 0 Å². The molecule has 0 spiro atoms. The summed E-state index contributed by atoms with van der Waals surface area (Å²) in [6.45, 7) is 5.17. The van der Waals surface area contributed by atoms with Crippen molar-refractivity contribution in [1.29, 1.82) is 0 Å². The first kappa shape index (κ1) is 27.5. The first-order chi connectivity index (χ1) is 20.7. The largest absolute Gasteiger partial charge is 0.482 e. The van der Waals surface area contributed by atoms with Gasteiger partial charge in [-0.05, 0) is 31.7 Å². The van der Waals surface area contributed by atoms with Gasteiger partial charge < -0.3 is 25.1 Å². The van der Waals surface area contributed by atoms with E-state index in [1.165, 1.54) is 42.8 Å². The van der Waals surface area contributed by atoms with Crippen LogP contribution in [0.2, 0.25) is 0 Å². The van der Waals surface area contributed by atoms with Crippen molar-refractivity contribution >= 4 is 45.4 Å². The predicted molar refractivity (Wildman–Crippen MR) is 156 cm³/mol. The molecule has 0 radical (unpaired) electrons. The maximum atomic E-state index is 15.6. The summed E-state index contributed by atoms with van der Waals surface area (Å²) < 4.78 is 40.8. The molecule has 1 aromatic carbocycles. The fourth-order valence-corrected chi connectivity index (χ4v) is 8.20. The molecule has 11 nitrogen and oxygen atoms in total. The zero-order valence-corrected chi connectivity index (χ0v) is 24.2. The number of thioether (sulfide) groups is 1. The minimum absolute atomic E-state index is 0.00552. The number of aliphatic imine (C=N–C) groups is 1. The lowest BCUT2D eigenvalue weighted by atomic mass is 9.84. The molecule has 4 aromatic rings. The van der Waals surface area contributed by atoms with Crippen LogP contribution in [-0.2, 0) is 16.9 Å². The molecule has 43 heavy (non-hydrogen) atoms. The molecule has 0 bridgehead atoms. The summed E-state index contributed by atoms with van der Waals surface area (Å²) in [5.41, 5.74) is 6.13. The SMILES string of the molecule is C[C@H]1C2[C@@]1(C(=O)N1CCCC1)SC(N)=N[C@]2(C)c1cc(Nc2ncnc3cc(OCc4ncco4)cnc23)cc(F)c1F. The minimum Gasteiger partial charge on any atom is -0.482 e. The quantitative estimate of drug-likeness (QED) is 0.308. The number of oxazole rings is 1. The van der Waals surface area contributed by atoms with Gasteiger partial charge in [-0.3, -0.25) is 9.79 Å².